The van der Waals surface area contributed by atoms with Crippen LogP contribution in [0.4, 0.5) is 5.69 Å². The minimum absolute atomic E-state index is 0.0187. The first-order valence-corrected chi connectivity index (χ1v) is 12.4. The Morgan fingerprint density at radius 1 is 1.00 bits per heavy atom. The third-order valence-electron chi connectivity index (χ3n) is 6.76. The second-order valence-electron chi connectivity index (χ2n) is 9.01. The third-order valence-corrected chi connectivity index (χ3v) is 6.76. The highest BCUT2D eigenvalue weighted by molar-refractivity contribution is 6.25. The lowest BCUT2D eigenvalue weighted by Crippen LogP contribution is -2.49. The van der Waals surface area contributed by atoms with Gasteiger partial charge in [0.1, 0.15) is 6.04 Å². The fourth-order valence-corrected chi connectivity index (χ4v) is 4.92. The molecule has 35 heavy (non-hydrogen) atoms. The van der Waals surface area contributed by atoms with Gasteiger partial charge in [0.05, 0.1) is 5.69 Å². The zero-order valence-corrected chi connectivity index (χ0v) is 20.7. The highest BCUT2D eigenvalue weighted by atomic mass is 16.2. The molecule has 0 aliphatic carbocycles. The van der Waals surface area contributed by atoms with Gasteiger partial charge in [-0.2, -0.15) is 0 Å². The van der Waals surface area contributed by atoms with Crippen LogP contribution in [0.15, 0.2) is 60.7 Å². The molecular formula is C29H33N3O3. The predicted molar refractivity (Wildman–Crippen MR) is 139 cm³/mol. The van der Waals surface area contributed by atoms with E-state index in [1.54, 1.807) is 9.80 Å². The molecule has 182 valence electrons. The Balaban J connectivity index is 1.49. The Hall–Kier alpha value is -3.67. The van der Waals surface area contributed by atoms with Crippen LogP contribution < -0.4 is 10.2 Å². The van der Waals surface area contributed by atoms with Crippen LogP contribution >= 0.6 is 0 Å². The van der Waals surface area contributed by atoms with E-state index in [4.69, 9.17) is 0 Å². The second kappa shape index (κ2) is 10.7. The molecule has 0 saturated heterocycles. The van der Waals surface area contributed by atoms with Crippen molar-refractivity contribution in [3.8, 4) is 0 Å². The standard InChI is InChI=1S/C29H33N3O3/c1-4-24(28(34)30-5-2)32(19-22-12-7-6-11-20(22)3)26(33)17-10-18-31-25-16-9-14-21-13-8-15-23(27(21)25)29(31)35/h6-9,11-16,24H,4-5,10,17-19H2,1-3H3,(H,30,34)/t24-/m0/s1. The molecule has 6 nitrogen and oxygen atoms in total. The Labute approximate surface area is 206 Å². The molecule has 1 aliphatic heterocycles. The Bertz CT molecular complexity index is 1250. The average Bonchev–Trinajstić information content (AvgIpc) is 3.13. The van der Waals surface area contributed by atoms with Crippen molar-refractivity contribution in [3.05, 3.63) is 77.4 Å². The third kappa shape index (κ3) is 4.92. The van der Waals surface area contributed by atoms with Crippen molar-refractivity contribution < 1.29 is 14.4 Å². The number of amides is 3. The number of hydrogen-bond donors (Lipinski definition) is 1. The maximum atomic E-state index is 13.5. The number of hydrogen-bond acceptors (Lipinski definition) is 3. The molecule has 4 rings (SSSR count). The van der Waals surface area contributed by atoms with Gasteiger partial charge in [-0.1, -0.05) is 55.5 Å². The molecule has 1 atom stereocenters. The predicted octanol–water partition coefficient (Wildman–Crippen LogP) is 4.83. The van der Waals surface area contributed by atoms with Crippen molar-refractivity contribution in [3.63, 3.8) is 0 Å². The summed E-state index contributed by atoms with van der Waals surface area (Å²) in [7, 11) is 0. The molecule has 0 fully saturated rings. The Morgan fingerprint density at radius 3 is 2.46 bits per heavy atom. The molecule has 0 bridgehead atoms. The number of anilines is 1. The number of carbonyl (C=O) groups excluding carboxylic acids is 3. The SMILES string of the molecule is CCNC(=O)[C@H](CC)N(Cc1ccccc1C)C(=O)CCCN1C(=O)c2cccc3cccc1c23. The van der Waals surface area contributed by atoms with Gasteiger partial charge in [-0.05, 0) is 55.3 Å². The number of carbonyl (C=O) groups is 3. The van der Waals surface area contributed by atoms with Gasteiger partial charge in [0.2, 0.25) is 11.8 Å². The van der Waals surface area contributed by atoms with Gasteiger partial charge in [0.15, 0.2) is 0 Å². The van der Waals surface area contributed by atoms with Crippen molar-refractivity contribution in [1.82, 2.24) is 10.2 Å². The largest absolute Gasteiger partial charge is 0.355 e. The summed E-state index contributed by atoms with van der Waals surface area (Å²) in [5.41, 5.74) is 3.74. The number of benzene rings is 3. The number of aryl methyl sites for hydroxylation is 1. The van der Waals surface area contributed by atoms with Gasteiger partial charge < -0.3 is 15.1 Å². The zero-order chi connectivity index (χ0) is 24.9. The van der Waals surface area contributed by atoms with E-state index in [2.05, 4.69) is 5.32 Å². The van der Waals surface area contributed by atoms with Gasteiger partial charge in [-0.15, -0.1) is 0 Å². The summed E-state index contributed by atoms with van der Waals surface area (Å²) in [4.78, 5) is 42.8. The first-order valence-electron chi connectivity index (χ1n) is 12.4. The van der Waals surface area contributed by atoms with Crippen molar-refractivity contribution >= 4 is 34.2 Å². The maximum absolute atomic E-state index is 13.5. The van der Waals surface area contributed by atoms with E-state index in [0.717, 1.165) is 27.6 Å². The average molecular weight is 472 g/mol. The fourth-order valence-electron chi connectivity index (χ4n) is 4.92. The van der Waals surface area contributed by atoms with Crippen LogP contribution in [0.25, 0.3) is 10.8 Å². The highest BCUT2D eigenvalue weighted by Gasteiger charge is 2.31. The monoisotopic (exact) mass is 471 g/mol. The second-order valence-corrected chi connectivity index (χ2v) is 9.01. The van der Waals surface area contributed by atoms with Gasteiger partial charge in [0.25, 0.3) is 5.91 Å². The van der Waals surface area contributed by atoms with Crippen molar-refractivity contribution in [2.75, 3.05) is 18.0 Å². The fraction of sp³-hybridized carbons (Fsp3) is 0.345. The molecule has 3 aromatic carbocycles. The van der Waals surface area contributed by atoms with Crippen LogP contribution in [0.3, 0.4) is 0 Å². The summed E-state index contributed by atoms with van der Waals surface area (Å²) in [6.45, 7) is 7.18. The lowest BCUT2D eigenvalue weighted by molar-refractivity contribution is -0.141. The van der Waals surface area contributed by atoms with Crippen molar-refractivity contribution in [2.45, 2.75) is 52.6 Å². The molecule has 6 heteroatoms. The minimum Gasteiger partial charge on any atom is -0.355 e. The lowest BCUT2D eigenvalue weighted by Gasteiger charge is -2.31. The van der Waals surface area contributed by atoms with E-state index in [1.165, 1.54) is 0 Å². The number of likely N-dealkylation sites (N-methyl/N-ethyl adjacent to an activating group) is 1. The molecule has 3 aromatic rings. The van der Waals surface area contributed by atoms with Crippen LogP contribution in [0.2, 0.25) is 0 Å². The molecule has 3 amide bonds. The summed E-state index contributed by atoms with van der Waals surface area (Å²) in [6.07, 6.45) is 1.31. The smallest absolute Gasteiger partial charge is 0.258 e. The van der Waals surface area contributed by atoms with Crippen LogP contribution in [0.1, 0.15) is 54.6 Å². The Morgan fingerprint density at radius 2 is 1.74 bits per heavy atom. The maximum Gasteiger partial charge on any atom is 0.258 e. The van der Waals surface area contributed by atoms with Crippen LogP contribution in [-0.2, 0) is 16.1 Å². The van der Waals surface area contributed by atoms with Crippen molar-refractivity contribution in [1.29, 1.82) is 0 Å². The lowest BCUT2D eigenvalue weighted by atomic mass is 10.1. The highest BCUT2D eigenvalue weighted by Crippen LogP contribution is 2.37. The first kappa shape index (κ1) is 24.5. The molecule has 1 heterocycles. The molecule has 1 N–H and O–H groups in total. The topological polar surface area (TPSA) is 69.7 Å². The number of rotatable bonds is 10. The normalized spacial score (nSPS) is 13.2. The molecular weight excluding hydrogens is 438 g/mol. The quantitative estimate of drug-likeness (QED) is 0.460. The molecule has 0 saturated carbocycles. The minimum atomic E-state index is -0.534. The van der Waals surface area contributed by atoms with Crippen LogP contribution in [0, 0.1) is 6.92 Å². The van der Waals surface area contributed by atoms with E-state index < -0.39 is 6.04 Å². The van der Waals surface area contributed by atoms with Crippen molar-refractivity contribution in [2.24, 2.45) is 0 Å². The number of nitrogens with one attached hydrogen (secondary N) is 1. The molecule has 1 aliphatic rings. The molecule has 0 unspecified atom stereocenters. The summed E-state index contributed by atoms with van der Waals surface area (Å²) < 4.78 is 0. The molecule has 0 spiro atoms. The summed E-state index contributed by atoms with van der Waals surface area (Å²) in [5.74, 6) is -0.225. The summed E-state index contributed by atoms with van der Waals surface area (Å²) in [6, 6.07) is 19.1. The van der Waals surface area contributed by atoms with E-state index in [9.17, 15) is 14.4 Å². The Kier molecular flexibility index (Phi) is 7.49. The first-order chi connectivity index (χ1) is 17.0. The molecule has 0 radical (unpaired) electrons. The van der Waals surface area contributed by atoms with E-state index in [1.807, 2.05) is 81.4 Å². The van der Waals surface area contributed by atoms with E-state index >= 15 is 0 Å². The summed E-state index contributed by atoms with van der Waals surface area (Å²) >= 11 is 0. The van der Waals surface area contributed by atoms with E-state index in [-0.39, 0.29) is 24.1 Å². The van der Waals surface area contributed by atoms with Gasteiger partial charge in [0, 0.05) is 37.0 Å². The summed E-state index contributed by atoms with van der Waals surface area (Å²) in [5, 5.41) is 4.90. The van der Waals surface area contributed by atoms with Crippen LogP contribution in [0.5, 0.6) is 0 Å². The van der Waals surface area contributed by atoms with Crippen LogP contribution in [-0.4, -0.2) is 41.8 Å². The van der Waals surface area contributed by atoms with Gasteiger partial charge in [-0.25, -0.2) is 0 Å². The van der Waals surface area contributed by atoms with E-state index in [0.29, 0.717) is 38.0 Å². The molecule has 0 aromatic heterocycles. The zero-order valence-electron chi connectivity index (χ0n) is 20.7. The number of nitrogens with zero attached hydrogens (tertiary/aromatic N) is 2. The van der Waals surface area contributed by atoms with Gasteiger partial charge >= 0.3 is 0 Å². The van der Waals surface area contributed by atoms with Gasteiger partial charge in [-0.3, -0.25) is 14.4 Å².